The van der Waals surface area contributed by atoms with Crippen molar-refractivity contribution in [3.8, 4) is 0 Å². The van der Waals surface area contributed by atoms with Crippen LogP contribution < -0.4 is 0 Å². The van der Waals surface area contributed by atoms with E-state index >= 15 is 0 Å². The molecule has 2 nitrogen and oxygen atoms in total. The summed E-state index contributed by atoms with van der Waals surface area (Å²) in [5, 5.41) is 11.5. The van der Waals surface area contributed by atoms with Crippen molar-refractivity contribution in [2.45, 2.75) is 38.3 Å². The number of nitrogens with zero attached hydrogens (tertiary/aromatic N) is 1. The number of hydrogen-bond acceptors (Lipinski definition) is 2. The third-order valence-corrected chi connectivity index (χ3v) is 4.16. The zero-order valence-corrected chi connectivity index (χ0v) is 12.1. The standard InChI is InChI=1S/C14H19Cl2NO/c1-14(18)5-2-7-17(8-6-14)10-11-9-12(15)3-4-13(11)16/h3-4,9,18H,2,5-8,10H2,1H3. The molecule has 1 heterocycles. The van der Waals surface area contributed by atoms with E-state index in [9.17, 15) is 5.11 Å². The Morgan fingerprint density at radius 1 is 1.28 bits per heavy atom. The highest BCUT2D eigenvalue weighted by Gasteiger charge is 2.25. The fourth-order valence-electron chi connectivity index (χ4n) is 2.38. The van der Waals surface area contributed by atoms with E-state index in [0.29, 0.717) is 0 Å². The highest BCUT2D eigenvalue weighted by Crippen LogP contribution is 2.25. The van der Waals surface area contributed by atoms with Crippen molar-refractivity contribution >= 4 is 23.2 Å². The Kier molecular flexibility index (Phi) is 4.54. The summed E-state index contributed by atoms with van der Waals surface area (Å²) in [6.45, 7) is 4.62. The van der Waals surface area contributed by atoms with E-state index in [1.54, 1.807) is 6.07 Å². The largest absolute Gasteiger partial charge is 0.390 e. The molecule has 0 bridgehead atoms. The van der Waals surface area contributed by atoms with Gasteiger partial charge in [-0.2, -0.15) is 0 Å². The molecule has 1 aliphatic heterocycles. The van der Waals surface area contributed by atoms with E-state index in [2.05, 4.69) is 4.90 Å². The quantitative estimate of drug-likeness (QED) is 0.896. The van der Waals surface area contributed by atoms with Crippen LogP contribution in [0.1, 0.15) is 31.7 Å². The van der Waals surface area contributed by atoms with E-state index in [1.165, 1.54) is 0 Å². The Labute approximate surface area is 119 Å². The highest BCUT2D eigenvalue weighted by molar-refractivity contribution is 6.33. The predicted molar refractivity (Wildman–Crippen MR) is 76.2 cm³/mol. The second-order valence-electron chi connectivity index (χ2n) is 5.36. The smallest absolute Gasteiger partial charge is 0.0632 e. The van der Waals surface area contributed by atoms with Gasteiger partial charge in [0.15, 0.2) is 0 Å². The Hall–Kier alpha value is -0.280. The number of benzene rings is 1. The predicted octanol–water partition coefficient (Wildman–Crippen LogP) is 3.73. The second kappa shape index (κ2) is 5.79. The molecule has 1 aromatic carbocycles. The fourth-order valence-corrected chi connectivity index (χ4v) is 2.75. The molecule has 0 spiro atoms. The van der Waals surface area contributed by atoms with Crippen molar-refractivity contribution in [2.24, 2.45) is 0 Å². The second-order valence-corrected chi connectivity index (χ2v) is 6.21. The van der Waals surface area contributed by atoms with Gasteiger partial charge in [-0.25, -0.2) is 0 Å². The van der Waals surface area contributed by atoms with Crippen molar-refractivity contribution in [3.63, 3.8) is 0 Å². The van der Waals surface area contributed by atoms with E-state index in [4.69, 9.17) is 23.2 Å². The lowest BCUT2D eigenvalue weighted by molar-refractivity contribution is 0.0444. The molecule has 100 valence electrons. The van der Waals surface area contributed by atoms with Crippen molar-refractivity contribution in [3.05, 3.63) is 33.8 Å². The van der Waals surface area contributed by atoms with Gasteiger partial charge < -0.3 is 5.11 Å². The lowest BCUT2D eigenvalue weighted by atomic mass is 9.98. The molecule has 1 fully saturated rings. The first-order chi connectivity index (χ1) is 8.46. The summed E-state index contributed by atoms with van der Waals surface area (Å²) < 4.78 is 0. The van der Waals surface area contributed by atoms with Crippen LogP contribution in [0.25, 0.3) is 0 Å². The minimum absolute atomic E-state index is 0.521. The Bertz CT molecular complexity index is 420. The third-order valence-electron chi connectivity index (χ3n) is 3.56. The molecule has 1 aliphatic rings. The van der Waals surface area contributed by atoms with Crippen molar-refractivity contribution in [1.29, 1.82) is 0 Å². The van der Waals surface area contributed by atoms with Gasteiger partial charge in [-0.15, -0.1) is 0 Å². The molecule has 1 atom stereocenters. The molecule has 1 aromatic rings. The van der Waals surface area contributed by atoms with Gasteiger partial charge in [0.2, 0.25) is 0 Å². The number of likely N-dealkylation sites (tertiary alicyclic amines) is 1. The molecule has 2 rings (SSSR count). The molecule has 0 aliphatic carbocycles. The molecule has 0 aromatic heterocycles. The van der Waals surface area contributed by atoms with Gasteiger partial charge in [-0.3, -0.25) is 4.90 Å². The Morgan fingerprint density at radius 2 is 2.06 bits per heavy atom. The first-order valence-corrected chi connectivity index (χ1v) is 7.10. The summed E-state index contributed by atoms with van der Waals surface area (Å²) in [5.41, 5.74) is 0.540. The van der Waals surface area contributed by atoms with Crippen molar-refractivity contribution in [2.75, 3.05) is 13.1 Å². The van der Waals surface area contributed by atoms with Crippen LogP contribution in [0.4, 0.5) is 0 Å². The summed E-state index contributed by atoms with van der Waals surface area (Å²) in [6.07, 6.45) is 2.70. The van der Waals surface area contributed by atoms with E-state index < -0.39 is 5.60 Å². The highest BCUT2D eigenvalue weighted by atomic mass is 35.5. The summed E-state index contributed by atoms with van der Waals surface area (Å²) in [6, 6.07) is 5.57. The maximum atomic E-state index is 10.1. The lowest BCUT2D eigenvalue weighted by Gasteiger charge is -2.22. The molecule has 0 radical (unpaired) electrons. The number of hydrogen-bond donors (Lipinski definition) is 1. The monoisotopic (exact) mass is 287 g/mol. The zero-order chi connectivity index (χ0) is 13.2. The molecule has 0 saturated carbocycles. The molecular weight excluding hydrogens is 269 g/mol. The van der Waals surface area contributed by atoms with E-state index in [0.717, 1.165) is 54.5 Å². The van der Waals surface area contributed by atoms with Gasteiger partial charge in [0.1, 0.15) is 0 Å². The van der Waals surface area contributed by atoms with E-state index in [1.807, 2.05) is 19.1 Å². The van der Waals surface area contributed by atoms with Crippen molar-refractivity contribution < 1.29 is 5.11 Å². The molecule has 1 saturated heterocycles. The topological polar surface area (TPSA) is 23.5 Å². The fraction of sp³-hybridized carbons (Fsp3) is 0.571. The molecule has 4 heteroatoms. The molecular formula is C14H19Cl2NO. The summed E-state index contributed by atoms with van der Waals surface area (Å²) >= 11 is 12.2. The molecule has 18 heavy (non-hydrogen) atoms. The van der Waals surface area contributed by atoms with Crippen LogP contribution in [-0.2, 0) is 6.54 Å². The van der Waals surface area contributed by atoms with Crippen LogP contribution in [0.3, 0.4) is 0 Å². The van der Waals surface area contributed by atoms with Gasteiger partial charge in [0.05, 0.1) is 5.60 Å². The van der Waals surface area contributed by atoms with Crippen LogP contribution >= 0.6 is 23.2 Å². The molecule has 0 amide bonds. The maximum absolute atomic E-state index is 10.1. The number of rotatable bonds is 2. The number of aliphatic hydroxyl groups is 1. The normalized spacial score (nSPS) is 26.0. The third kappa shape index (κ3) is 3.86. The average molecular weight is 288 g/mol. The lowest BCUT2D eigenvalue weighted by Crippen LogP contribution is -2.28. The van der Waals surface area contributed by atoms with Gasteiger partial charge in [0.25, 0.3) is 0 Å². The van der Waals surface area contributed by atoms with Crippen LogP contribution in [0.2, 0.25) is 10.0 Å². The zero-order valence-electron chi connectivity index (χ0n) is 10.6. The first-order valence-electron chi connectivity index (χ1n) is 6.35. The van der Waals surface area contributed by atoms with Crippen molar-refractivity contribution in [1.82, 2.24) is 4.90 Å². The van der Waals surface area contributed by atoms with Gasteiger partial charge in [0, 0.05) is 23.1 Å². The Balaban J connectivity index is 2.03. The van der Waals surface area contributed by atoms with Gasteiger partial charge in [-0.1, -0.05) is 23.2 Å². The Morgan fingerprint density at radius 3 is 2.83 bits per heavy atom. The van der Waals surface area contributed by atoms with Crippen LogP contribution in [0.5, 0.6) is 0 Å². The van der Waals surface area contributed by atoms with Gasteiger partial charge >= 0.3 is 0 Å². The van der Waals surface area contributed by atoms with E-state index in [-0.39, 0.29) is 0 Å². The summed E-state index contributed by atoms with van der Waals surface area (Å²) in [4.78, 5) is 2.33. The average Bonchev–Trinajstić information content (AvgIpc) is 2.46. The number of halogens is 2. The van der Waals surface area contributed by atoms with Crippen LogP contribution in [0.15, 0.2) is 18.2 Å². The minimum atomic E-state index is -0.521. The first kappa shape index (κ1) is 14.1. The van der Waals surface area contributed by atoms with Crippen LogP contribution in [-0.4, -0.2) is 28.7 Å². The molecule has 1 unspecified atom stereocenters. The maximum Gasteiger partial charge on any atom is 0.0632 e. The summed E-state index contributed by atoms with van der Waals surface area (Å²) in [5.74, 6) is 0. The SMILES string of the molecule is CC1(O)CCCN(Cc2cc(Cl)ccc2Cl)CC1. The summed E-state index contributed by atoms with van der Waals surface area (Å²) in [7, 11) is 0. The van der Waals surface area contributed by atoms with Gasteiger partial charge in [-0.05, 0) is 56.5 Å². The van der Waals surface area contributed by atoms with Crippen LogP contribution in [0, 0.1) is 0 Å². The molecule has 1 N–H and O–H groups in total. The minimum Gasteiger partial charge on any atom is -0.390 e.